The number of hydrogen-bond donors (Lipinski definition) is 2. The van der Waals surface area contributed by atoms with Gasteiger partial charge in [-0.1, -0.05) is 13.8 Å². The molecule has 2 N–H and O–H groups in total. The molecule has 1 rings (SSSR count). The van der Waals surface area contributed by atoms with Gasteiger partial charge in [-0.15, -0.1) is 0 Å². The van der Waals surface area contributed by atoms with Gasteiger partial charge < -0.3 is 24.8 Å². The van der Waals surface area contributed by atoms with Crippen molar-refractivity contribution in [3.63, 3.8) is 0 Å². The Morgan fingerprint density at radius 1 is 1.29 bits per heavy atom. The summed E-state index contributed by atoms with van der Waals surface area (Å²) >= 11 is 0. The molecule has 126 valence electrons. The number of aliphatic hydroxyl groups excluding tert-OH is 1. The number of aliphatic hydroxyl groups is 1. The third-order valence-electron chi connectivity index (χ3n) is 3.86. The van der Waals surface area contributed by atoms with E-state index in [2.05, 4.69) is 24.1 Å². The van der Waals surface area contributed by atoms with Crippen LogP contribution in [-0.4, -0.2) is 74.8 Å². The van der Waals surface area contributed by atoms with Crippen LogP contribution in [0.15, 0.2) is 0 Å². The molecule has 0 spiro atoms. The Labute approximate surface area is 130 Å². The predicted octanol–water partition coefficient (Wildman–Crippen LogP) is 1.11. The van der Waals surface area contributed by atoms with Gasteiger partial charge in [0.15, 0.2) is 0 Å². The molecule has 3 atom stereocenters. The van der Waals surface area contributed by atoms with Gasteiger partial charge in [0.1, 0.15) is 0 Å². The monoisotopic (exact) mass is 302 g/mol. The summed E-state index contributed by atoms with van der Waals surface area (Å²) in [5, 5.41) is 13.6. The van der Waals surface area contributed by atoms with Gasteiger partial charge in [-0.3, -0.25) is 0 Å². The second-order valence-corrected chi connectivity index (χ2v) is 6.58. The van der Waals surface area contributed by atoms with Crippen molar-refractivity contribution in [2.75, 3.05) is 46.5 Å². The van der Waals surface area contributed by atoms with Crippen LogP contribution in [0.4, 0.5) is 0 Å². The van der Waals surface area contributed by atoms with E-state index in [9.17, 15) is 5.11 Å². The zero-order valence-electron chi connectivity index (χ0n) is 14.2. The fraction of sp³-hybridized carbons (Fsp3) is 1.00. The first-order valence-corrected chi connectivity index (χ1v) is 8.25. The highest BCUT2D eigenvalue weighted by atomic mass is 16.5. The Bertz CT molecular complexity index is 264. The second-order valence-electron chi connectivity index (χ2n) is 6.58. The third kappa shape index (κ3) is 8.73. The van der Waals surface area contributed by atoms with Gasteiger partial charge in [-0.25, -0.2) is 0 Å². The summed E-state index contributed by atoms with van der Waals surface area (Å²) in [7, 11) is 1.66. The van der Waals surface area contributed by atoms with Crippen molar-refractivity contribution in [1.29, 1.82) is 0 Å². The van der Waals surface area contributed by atoms with Crippen molar-refractivity contribution in [3.05, 3.63) is 0 Å². The topological polar surface area (TPSA) is 54.0 Å². The van der Waals surface area contributed by atoms with Crippen LogP contribution < -0.4 is 5.32 Å². The molecule has 5 heteroatoms. The average molecular weight is 302 g/mol. The van der Waals surface area contributed by atoms with Gasteiger partial charge >= 0.3 is 0 Å². The van der Waals surface area contributed by atoms with E-state index in [-0.39, 0.29) is 6.10 Å². The van der Waals surface area contributed by atoms with E-state index >= 15 is 0 Å². The molecule has 0 aromatic heterocycles. The van der Waals surface area contributed by atoms with E-state index in [0.717, 1.165) is 19.6 Å². The van der Waals surface area contributed by atoms with Crippen molar-refractivity contribution < 1.29 is 14.6 Å². The molecule has 1 aliphatic rings. The Morgan fingerprint density at radius 3 is 2.71 bits per heavy atom. The number of rotatable bonds is 10. The fourth-order valence-corrected chi connectivity index (χ4v) is 2.80. The molecule has 0 saturated carbocycles. The fourth-order valence-electron chi connectivity index (χ4n) is 2.80. The summed E-state index contributed by atoms with van der Waals surface area (Å²) in [6.45, 7) is 11.2. The number of piperidine rings is 1. The molecule has 5 nitrogen and oxygen atoms in total. The molecule has 1 saturated heterocycles. The maximum Gasteiger partial charge on any atom is 0.0900 e. The molecule has 0 aromatic carbocycles. The van der Waals surface area contributed by atoms with Crippen molar-refractivity contribution in [2.24, 2.45) is 5.92 Å². The lowest BCUT2D eigenvalue weighted by atomic mass is 9.97. The van der Waals surface area contributed by atoms with Gasteiger partial charge in [0.05, 0.1) is 25.4 Å². The van der Waals surface area contributed by atoms with Crippen LogP contribution in [0.25, 0.3) is 0 Å². The largest absolute Gasteiger partial charge is 0.389 e. The third-order valence-corrected chi connectivity index (χ3v) is 3.86. The van der Waals surface area contributed by atoms with Crippen LogP contribution in [-0.2, 0) is 9.47 Å². The molecule has 21 heavy (non-hydrogen) atoms. The highest BCUT2D eigenvalue weighted by molar-refractivity contribution is 4.77. The number of ether oxygens (including phenoxy) is 2. The standard InChI is InChI=1S/C16H34N2O3/c1-13(2)17-8-15-6-5-7-18(9-15)10-16(19)12-21-14(3)11-20-4/h13-17,19H,5-12H2,1-4H3. The lowest BCUT2D eigenvalue weighted by Gasteiger charge is -2.34. The van der Waals surface area contributed by atoms with Crippen LogP contribution >= 0.6 is 0 Å². The quantitative estimate of drug-likeness (QED) is 0.633. The Balaban J connectivity index is 2.20. The van der Waals surface area contributed by atoms with Crippen molar-refractivity contribution in [2.45, 2.75) is 51.9 Å². The summed E-state index contributed by atoms with van der Waals surface area (Å²) in [6, 6.07) is 0.543. The SMILES string of the molecule is COCC(C)OCC(O)CN1CCCC(CNC(C)C)C1. The van der Waals surface area contributed by atoms with Gasteiger partial charge in [0.2, 0.25) is 0 Å². The first kappa shape index (κ1) is 18.8. The summed E-state index contributed by atoms with van der Waals surface area (Å²) < 4.78 is 10.6. The molecule has 0 aliphatic carbocycles. The molecule has 1 fully saturated rings. The number of hydrogen-bond acceptors (Lipinski definition) is 5. The van der Waals surface area contributed by atoms with E-state index in [1.54, 1.807) is 7.11 Å². The van der Waals surface area contributed by atoms with E-state index in [1.165, 1.54) is 12.8 Å². The van der Waals surface area contributed by atoms with Gasteiger partial charge in [-0.2, -0.15) is 0 Å². The zero-order chi connectivity index (χ0) is 15.7. The molecule has 0 bridgehead atoms. The maximum absolute atomic E-state index is 10.1. The molecule has 0 aromatic rings. The number of β-amino-alcohol motifs (C(OH)–C–C–N with tert-alkyl or cyclic N) is 1. The lowest BCUT2D eigenvalue weighted by Crippen LogP contribution is -2.44. The maximum atomic E-state index is 10.1. The normalized spacial score (nSPS) is 23.4. The van der Waals surface area contributed by atoms with Crippen LogP contribution in [0.1, 0.15) is 33.6 Å². The first-order chi connectivity index (χ1) is 10.0. The molecular weight excluding hydrogens is 268 g/mol. The van der Waals surface area contributed by atoms with Crippen LogP contribution in [0.3, 0.4) is 0 Å². The van der Waals surface area contributed by atoms with Gasteiger partial charge in [-0.05, 0) is 38.8 Å². The lowest BCUT2D eigenvalue weighted by molar-refractivity contribution is -0.0423. The Kier molecular flexibility index (Phi) is 9.44. The number of methoxy groups -OCH3 is 1. The Morgan fingerprint density at radius 2 is 2.05 bits per heavy atom. The van der Waals surface area contributed by atoms with Crippen LogP contribution in [0.2, 0.25) is 0 Å². The smallest absolute Gasteiger partial charge is 0.0900 e. The van der Waals surface area contributed by atoms with E-state index in [0.29, 0.717) is 31.7 Å². The molecule has 1 aliphatic heterocycles. The summed E-state index contributed by atoms with van der Waals surface area (Å²) in [5.74, 6) is 0.696. The zero-order valence-corrected chi connectivity index (χ0v) is 14.2. The minimum Gasteiger partial charge on any atom is -0.389 e. The Hall–Kier alpha value is -0.200. The van der Waals surface area contributed by atoms with Crippen molar-refractivity contribution in [1.82, 2.24) is 10.2 Å². The molecular formula is C16H34N2O3. The highest BCUT2D eigenvalue weighted by Gasteiger charge is 2.22. The predicted molar refractivity (Wildman–Crippen MR) is 85.6 cm³/mol. The highest BCUT2D eigenvalue weighted by Crippen LogP contribution is 2.16. The van der Waals surface area contributed by atoms with Gasteiger partial charge in [0, 0.05) is 26.2 Å². The van der Waals surface area contributed by atoms with E-state index in [4.69, 9.17) is 9.47 Å². The number of likely N-dealkylation sites (tertiary alicyclic amines) is 1. The summed E-state index contributed by atoms with van der Waals surface area (Å²) in [6.07, 6.45) is 2.13. The molecule has 3 unspecified atom stereocenters. The van der Waals surface area contributed by atoms with Crippen LogP contribution in [0.5, 0.6) is 0 Å². The van der Waals surface area contributed by atoms with E-state index in [1.807, 2.05) is 6.92 Å². The second kappa shape index (κ2) is 10.5. The number of nitrogens with one attached hydrogen (secondary N) is 1. The first-order valence-electron chi connectivity index (χ1n) is 8.25. The van der Waals surface area contributed by atoms with Crippen LogP contribution in [0, 0.1) is 5.92 Å². The molecule has 1 heterocycles. The number of nitrogens with zero attached hydrogens (tertiary/aromatic N) is 1. The van der Waals surface area contributed by atoms with Gasteiger partial charge in [0.25, 0.3) is 0 Å². The molecule has 0 radical (unpaired) electrons. The average Bonchev–Trinajstić information content (AvgIpc) is 2.44. The van der Waals surface area contributed by atoms with Crippen molar-refractivity contribution in [3.8, 4) is 0 Å². The minimum atomic E-state index is -0.416. The minimum absolute atomic E-state index is 0.0361. The van der Waals surface area contributed by atoms with E-state index < -0.39 is 6.10 Å². The molecule has 0 amide bonds. The van der Waals surface area contributed by atoms with Crippen molar-refractivity contribution >= 4 is 0 Å². The summed E-state index contributed by atoms with van der Waals surface area (Å²) in [4.78, 5) is 2.37. The summed E-state index contributed by atoms with van der Waals surface area (Å²) in [5.41, 5.74) is 0.